The predicted molar refractivity (Wildman–Crippen MR) is 103 cm³/mol. The molecule has 0 aromatic heterocycles. The summed E-state index contributed by atoms with van der Waals surface area (Å²) in [6, 6.07) is 7.97. The highest BCUT2D eigenvalue weighted by Gasteiger charge is 2.27. The molecule has 25 heavy (non-hydrogen) atoms. The van der Waals surface area contributed by atoms with Gasteiger partial charge in [0.2, 0.25) is 5.91 Å². The predicted octanol–water partition coefficient (Wildman–Crippen LogP) is 3.51. The van der Waals surface area contributed by atoms with Crippen molar-refractivity contribution < 1.29 is 14.3 Å². The summed E-state index contributed by atoms with van der Waals surface area (Å²) in [5.41, 5.74) is 7.75. The second-order valence-electron chi connectivity index (χ2n) is 6.48. The highest BCUT2D eigenvalue weighted by atomic mass is 35.5. The lowest BCUT2D eigenvalue weighted by molar-refractivity contribution is -0.119. The van der Waals surface area contributed by atoms with Crippen molar-refractivity contribution in [3.8, 4) is 0 Å². The molecule has 0 heterocycles. The second kappa shape index (κ2) is 12.3. The first-order valence-corrected chi connectivity index (χ1v) is 9.00. The first kappa shape index (κ1) is 21.9. The van der Waals surface area contributed by atoms with Crippen LogP contribution in [0.5, 0.6) is 0 Å². The number of anilines is 1. The third kappa shape index (κ3) is 8.19. The van der Waals surface area contributed by atoms with Gasteiger partial charge in [0, 0.05) is 24.3 Å². The first-order valence-electron chi connectivity index (χ1n) is 9.00. The Hall–Kier alpha value is -1.14. The Morgan fingerprint density at radius 3 is 2.76 bits per heavy atom. The number of hydrogen-bond donors (Lipinski definition) is 2. The maximum atomic E-state index is 12.2. The largest absolute Gasteiger partial charge is 0.379 e. The molecular weight excluding hydrogens is 340 g/mol. The van der Waals surface area contributed by atoms with Crippen LogP contribution in [0.15, 0.2) is 24.3 Å². The maximum Gasteiger partial charge on any atom is 0.227 e. The van der Waals surface area contributed by atoms with E-state index in [1.54, 1.807) is 0 Å². The zero-order chi connectivity index (χ0) is 17.2. The molecule has 6 heteroatoms. The lowest BCUT2D eigenvalue weighted by atomic mass is 10.1. The summed E-state index contributed by atoms with van der Waals surface area (Å²) >= 11 is 0. The molecule has 0 radical (unpaired) electrons. The Bertz CT molecular complexity index is 513. The van der Waals surface area contributed by atoms with E-state index in [2.05, 4.69) is 12.2 Å². The van der Waals surface area contributed by atoms with Crippen LogP contribution in [-0.4, -0.2) is 31.8 Å². The highest BCUT2D eigenvalue weighted by molar-refractivity contribution is 5.92. The third-order valence-corrected chi connectivity index (χ3v) is 4.32. The van der Waals surface area contributed by atoms with Gasteiger partial charge in [-0.25, -0.2) is 0 Å². The lowest BCUT2D eigenvalue weighted by Crippen LogP contribution is -2.23. The number of unbranched alkanes of at least 4 members (excludes halogenated alkanes) is 1. The summed E-state index contributed by atoms with van der Waals surface area (Å²) in [5, 5.41) is 2.99. The van der Waals surface area contributed by atoms with Gasteiger partial charge in [0.05, 0.1) is 19.8 Å². The van der Waals surface area contributed by atoms with Crippen molar-refractivity contribution in [1.29, 1.82) is 0 Å². The number of rotatable bonds is 10. The monoisotopic (exact) mass is 370 g/mol. The van der Waals surface area contributed by atoms with Crippen molar-refractivity contribution in [2.24, 2.45) is 11.7 Å². The number of nitrogens with two attached hydrogens (primary N) is 1. The molecule has 3 N–H and O–H groups in total. The minimum absolute atomic E-state index is 0. The molecule has 1 saturated carbocycles. The van der Waals surface area contributed by atoms with E-state index < -0.39 is 0 Å². The Kier molecular flexibility index (Phi) is 10.7. The number of amides is 1. The van der Waals surface area contributed by atoms with Crippen LogP contribution < -0.4 is 11.1 Å². The van der Waals surface area contributed by atoms with E-state index in [-0.39, 0.29) is 30.3 Å². The topological polar surface area (TPSA) is 73.6 Å². The molecular formula is C19H31ClN2O3. The number of hydrogen-bond acceptors (Lipinski definition) is 4. The van der Waals surface area contributed by atoms with Gasteiger partial charge in [-0.15, -0.1) is 12.4 Å². The molecule has 1 amide bonds. The van der Waals surface area contributed by atoms with Gasteiger partial charge in [-0.1, -0.05) is 25.5 Å². The van der Waals surface area contributed by atoms with Crippen LogP contribution in [0.1, 0.15) is 44.6 Å². The zero-order valence-corrected chi connectivity index (χ0v) is 15.9. The van der Waals surface area contributed by atoms with Crippen molar-refractivity contribution in [3.05, 3.63) is 29.8 Å². The fourth-order valence-electron chi connectivity index (χ4n) is 2.89. The Morgan fingerprint density at radius 1 is 1.24 bits per heavy atom. The van der Waals surface area contributed by atoms with Gasteiger partial charge in [-0.2, -0.15) is 0 Å². The van der Waals surface area contributed by atoms with Gasteiger partial charge < -0.3 is 20.5 Å². The minimum atomic E-state index is 0. The van der Waals surface area contributed by atoms with Crippen LogP contribution in [0.25, 0.3) is 0 Å². The van der Waals surface area contributed by atoms with Gasteiger partial charge >= 0.3 is 0 Å². The zero-order valence-electron chi connectivity index (χ0n) is 15.0. The van der Waals surface area contributed by atoms with Crippen molar-refractivity contribution >= 4 is 24.0 Å². The van der Waals surface area contributed by atoms with E-state index in [1.807, 2.05) is 24.3 Å². The summed E-state index contributed by atoms with van der Waals surface area (Å²) in [5.74, 6) is 0.116. The molecule has 2 unspecified atom stereocenters. The summed E-state index contributed by atoms with van der Waals surface area (Å²) in [6.07, 6.45) is 4.84. The van der Waals surface area contributed by atoms with Gasteiger partial charge in [-0.3, -0.25) is 4.79 Å². The van der Waals surface area contributed by atoms with Gasteiger partial charge in [0.1, 0.15) is 0 Å². The van der Waals surface area contributed by atoms with Crippen LogP contribution in [0, 0.1) is 5.92 Å². The van der Waals surface area contributed by atoms with E-state index in [0.29, 0.717) is 19.8 Å². The molecule has 1 aromatic carbocycles. The van der Waals surface area contributed by atoms with Crippen LogP contribution in [0.2, 0.25) is 0 Å². The Labute approximate surface area is 157 Å². The molecule has 142 valence electrons. The summed E-state index contributed by atoms with van der Waals surface area (Å²) in [7, 11) is 0. The molecule has 1 aliphatic rings. The van der Waals surface area contributed by atoms with Gasteiger partial charge in [0.15, 0.2) is 0 Å². The quantitative estimate of drug-likeness (QED) is 0.618. The Morgan fingerprint density at radius 2 is 2.04 bits per heavy atom. The first-order chi connectivity index (χ1) is 11.7. The SMILES string of the molecule is CCCCOCCOCc1cccc(NC(=O)C2CCC(N)C2)c1.Cl. The minimum Gasteiger partial charge on any atom is -0.379 e. The molecule has 2 rings (SSSR count). The van der Waals surface area contributed by atoms with Gasteiger partial charge in [0.25, 0.3) is 0 Å². The van der Waals surface area contributed by atoms with Crippen molar-refractivity contribution in [1.82, 2.24) is 0 Å². The van der Waals surface area contributed by atoms with Crippen LogP contribution in [0.3, 0.4) is 0 Å². The van der Waals surface area contributed by atoms with Crippen molar-refractivity contribution in [2.75, 3.05) is 25.1 Å². The average molecular weight is 371 g/mol. The fourth-order valence-corrected chi connectivity index (χ4v) is 2.89. The number of nitrogens with one attached hydrogen (secondary N) is 1. The Balaban J connectivity index is 0.00000312. The van der Waals surface area contributed by atoms with E-state index in [1.165, 1.54) is 0 Å². The van der Waals surface area contributed by atoms with E-state index in [0.717, 1.165) is 50.0 Å². The van der Waals surface area contributed by atoms with Crippen molar-refractivity contribution in [2.45, 2.75) is 51.7 Å². The summed E-state index contributed by atoms with van der Waals surface area (Å²) < 4.78 is 11.1. The normalized spacial score (nSPS) is 19.4. The average Bonchev–Trinajstić information content (AvgIpc) is 3.01. The second-order valence-corrected chi connectivity index (χ2v) is 6.48. The smallest absolute Gasteiger partial charge is 0.227 e. The number of halogens is 1. The highest BCUT2D eigenvalue weighted by Crippen LogP contribution is 2.25. The number of benzene rings is 1. The van der Waals surface area contributed by atoms with E-state index >= 15 is 0 Å². The molecule has 0 aliphatic heterocycles. The summed E-state index contributed by atoms with van der Waals surface area (Å²) in [4.78, 5) is 12.2. The maximum absolute atomic E-state index is 12.2. The molecule has 5 nitrogen and oxygen atoms in total. The number of ether oxygens (including phenoxy) is 2. The standard InChI is InChI=1S/C19H30N2O3.ClH/c1-2-3-9-23-10-11-24-14-15-5-4-6-18(12-15)21-19(22)16-7-8-17(20)13-16;/h4-6,12,16-17H,2-3,7-11,13-14,20H2,1H3,(H,21,22);1H. The molecule has 0 saturated heterocycles. The number of carbonyl (C=O) groups is 1. The van der Waals surface area contributed by atoms with Crippen molar-refractivity contribution in [3.63, 3.8) is 0 Å². The van der Waals surface area contributed by atoms with Crippen LogP contribution in [-0.2, 0) is 20.9 Å². The third-order valence-electron chi connectivity index (χ3n) is 4.32. The lowest BCUT2D eigenvalue weighted by Gasteiger charge is -2.12. The number of carbonyl (C=O) groups excluding carboxylic acids is 1. The van der Waals surface area contributed by atoms with Crippen LogP contribution in [0.4, 0.5) is 5.69 Å². The fraction of sp³-hybridized carbons (Fsp3) is 0.632. The molecule has 1 fully saturated rings. The van der Waals surface area contributed by atoms with E-state index in [9.17, 15) is 4.79 Å². The molecule has 2 atom stereocenters. The molecule has 1 aliphatic carbocycles. The molecule has 0 spiro atoms. The van der Waals surface area contributed by atoms with Gasteiger partial charge in [-0.05, 0) is 43.4 Å². The molecule has 0 bridgehead atoms. The van der Waals surface area contributed by atoms with Crippen LogP contribution >= 0.6 is 12.4 Å². The van der Waals surface area contributed by atoms with E-state index in [4.69, 9.17) is 15.2 Å². The molecule has 1 aromatic rings. The summed E-state index contributed by atoms with van der Waals surface area (Å²) in [6.45, 7) is 4.67.